The van der Waals surface area contributed by atoms with Crippen molar-refractivity contribution in [2.75, 3.05) is 19.5 Å². The van der Waals surface area contributed by atoms with E-state index in [1.807, 2.05) is 0 Å². The van der Waals surface area contributed by atoms with Crippen molar-refractivity contribution < 1.29 is 28.6 Å². The van der Waals surface area contributed by atoms with Crippen LogP contribution in [-0.4, -0.2) is 32.3 Å². The molecular formula is C19H19NO6. The number of rotatable bonds is 4. The highest BCUT2D eigenvalue weighted by Crippen LogP contribution is 2.29. The summed E-state index contributed by atoms with van der Waals surface area (Å²) in [7, 11) is 2.46. The van der Waals surface area contributed by atoms with Crippen LogP contribution in [0.3, 0.4) is 0 Å². The van der Waals surface area contributed by atoms with E-state index in [0.717, 1.165) is 0 Å². The van der Waals surface area contributed by atoms with E-state index in [1.54, 1.807) is 44.2 Å². The Kier molecular flexibility index (Phi) is 5.95. The summed E-state index contributed by atoms with van der Waals surface area (Å²) in [6.45, 7) is 3.27. The highest BCUT2D eigenvalue weighted by molar-refractivity contribution is 6.02. The number of hydrogen-bond donors (Lipinski definition) is 1. The van der Waals surface area contributed by atoms with Gasteiger partial charge in [0, 0.05) is 0 Å². The van der Waals surface area contributed by atoms with Crippen LogP contribution in [0.4, 0.5) is 10.5 Å². The zero-order chi connectivity index (χ0) is 19.3. The summed E-state index contributed by atoms with van der Waals surface area (Å²) in [6, 6.07) is 9.89. The molecule has 0 radical (unpaired) electrons. The third-order valence-corrected chi connectivity index (χ3v) is 3.84. The molecule has 0 fully saturated rings. The van der Waals surface area contributed by atoms with E-state index >= 15 is 0 Å². The van der Waals surface area contributed by atoms with Crippen molar-refractivity contribution in [3.05, 3.63) is 58.7 Å². The number of amides is 1. The fourth-order valence-electron chi connectivity index (χ4n) is 2.47. The van der Waals surface area contributed by atoms with E-state index in [1.165, 1.54) is 20.3 Å². The lowest BCUT2D eigenvalue weighted by molar-refractivity contribution is 0.0598. The smallest absolute Gasteiger partial charge is 0.417 e. The summed E-state index contributed by atoms with van der Waals surface area (Å²) in [4.78, 5) is 36.3. The molecule has 7 nitrogen and oxygen atoms in total. The standard InChI is InChI=1S/C19H19NO6/c1-11-14(17(21)24-3)10-15(18(22)25-4)12(2)16(11)20-19(23)26-13-8-6-5-7-9-13/h5-10H,1-4H3,(H,20,23). The Morgan fingerprint density at radius 3 is 1.81 bits per heavy atom. The van der Waals surface area contributed by atoms with E-state index in [9.17, 15) is 14.4 Å². The third-order valence-electron chi connectivity index (χ3n) is 3.84. The zero-order valence-electron chi connectivity index (χ0n) is 14.9. The molecule has 0 saturated heterocycles. The number of ether oxygens (including phenoxy) is 3. The van der Waals surface area contributed by atoms with Crippen molar-refractivity contribution in [3.63, 3.8) is 0 Å². The van der Waals surface area contributed by atoms with Crippen molar-refractivity contribution in [2.45, 2.75) is 13.8 Å². The van der Waals surface area contributed by atoms with Crippen LogP contribution in [-0.2, 0) is 9.47 Å². The Morgan fingerprint density at radius 2 is 1.35 bits per heavy atom. The summed E-state index contributed by atoms with van der Waals surface area (Å²) >= 11 is 0. The second kappa shape index (κ2) is 8.15. The highest BCUT2D eigenvalue weighted by atomic mass is 16.6. The molecule has 0 heterocycles. The number of carbonyl (C=O) groups excluding carboxylic acids is 3. The van der Waals surface area contributed by atoms with Crippen LogP contribution >= 0.6 is 0 Å². The first kappa shape index (κ1) is 19.0. The van der Waals surface area contributed by atoms with Crippen LogP contribution in [0.5, 0.6) is 5.75 Å². The van der Waals surface area contributed by atoms with Crippen molar-refractivity contribution in [1.82, 2.24) is 0 Å². The Balaban J connectivity index is 2.43. The molecule has 0 aromatic heterocycles. The monoisotopic (exact) mass is 357 g/mol. The second-order valence-electron chi connectivity index (χ2n) is 5.41. The van der Waals surface area contributed by atoms with Crippen LogP contribution in [0, 0.1) is 13.8 Å². The lowest BCUT2D eigenvalue weighted by Crippen LogP contribution is -2.21. The van der Waals surface area contributed by atoms with E-state index in [2.05, 4.69) is 5.32 Å². The molecule has 1 N–H and O–H groups in total. The number of benzene rings is 2. The average molecular weight is 357 g/mol. The van der Waals surface area contributed by atoms with Gasteiger partial charge in [-0.3, -0.25) is 5.32 Å². The second-order valence-corrected chi connectivity index (χ2v) is 5.41. The SMILES string of the molecule is COC(=O)c1cc(C(=O)OC)c(C)c(NC(=O)Oc2ccccc2)c1C. The minimum Gasteiger partial charge on any atom is -0.465 e. The molecule has 0 spiro atoms. The Morgan fingerprint density at radius 1 is 0.846 bits per heavy atom. The molecule has 0 aliphatic rings. The van der Waals surface area contributed by atoms with Crippen molar-refractivity contribution >= 4 is 23.7 Å². The van der Waals surface area contributed by atoms with Gasteiger partial charge in [0.25, 0.3) is 0 Å². The fraction of sp³-hybridized carbons (Fsp3) is 0.211. The maximum atomic E-state index is 12.2. The molecule has 2 aromatic rings. The lowest BCUT2D eigenvalue weighted by Gasteiger charge is -2.17. The Hall–Kier alpha value is -3.35. The summed E-state index contributed by atoms with van der Waals surface area (Å²) in [5, 5.41) is 2.59. The first-order valence-corrected chi connectivity index (χ1v) is 7.73. The quantitative estimate of drug-likeness (QED) is 0.842. The minimum absolute atomic E-state index is 0.147. The van der Waals surface area contributed by atoms with Crippen LogP contribution in [0.1, 0.15) is 31.8 Å². The molecule has 26 heavy (non-hydrogen) atoms. The van der Waals surface area contributed by atoms with Crippen LogP contribution in [0.25, 0.3) is 0 Å². The minimum atomic E-state index is -0.750. The molecule has 0 aliphatic heterocycles. The van der Waals surface area contributed by atoms with Gasteiger partial charge in [0.05, 0.1) is 31.0 Å². The van der Waals surface area contributed by atoms with Gasteiger partial charge in [-0.1, -0.05) is 18.2 Å². The molecular weight excluding hydrogens is 338 g/mol. The molecule has 136 valence electrons. The van der Waals surface area contributed by atoms with Gasteiger partial charge < -0.3 is 14.2 Å². The Labute approximate surface area is 150 Å². The predicted molar refractivity (Wildman–Crippen MR) is 94.7 cm³/mol. The Bertz CT molecular complexity index is 805. The van der Waals surface area contributed by atoms with E-state index in [-0.39, 0.29) is 16.8 Å². The molecule has 0 unspecified atom stereocenters. The van der Waals surface area contributed by atoms with Crippen molar-refractivity contribution in [2.24, 2.45) is 0 Å². The first-order chi connectivity index (χ1) is 12.4. The summed E-state index contributed by atoms with van der Waals surface area (Å²) in [5.74, 6) is -0.906. The molecule has 2 rings (SSSR count). The molecule has 1 amide bonds. The van der Waals surface area contributed by atoms with Gasteiger partial charge in [-0.05, 0) is 43.2 Å². The van der Waals surface area contributed by atoms with Crippen molar-refractivity contribution in [1.29, 1.82) is 0 Å². The molecule has 2 aromatic carbocycles. The van der Waals surface area contributed by atoms with Gasteiger partial charge in [-0.15, -0.1) is 0 Å². The number of para-hydroxylation sites is 1. The van der Waals surface area contributed by atoms with Gasteiger partial charge in [0.15, 0.2) is 0 Å². The van der Waals surface area contributed by atoms with Crippen LogP contribution < -0.4 is 10.1 Å². The normalized spacial score (nSPS) is 10.0. The number of methoxy groups -OCH3 is 2. The number of anilines is 1. The van der Waals surface area contributed by atoms with Crippen LogP contribution in [0.15, 0.2) is 36.4 Å². The topological polar surface area (TPSA) is 90.9 Å². The highest BCUT2D eigenvalue weighted by Gasteiger charge is 2.23. The van der Waals surface area contributed by atoms with Crippen LogP contribution in [0.2, 0.25) is 0 Å². The fourth-order valence-corrected chi connectivity index (χ4v) is 2.47. The van der Waals surface area contributed by atoms with Crippen molar-refractivity contribution in [3.8, 4) is 5.75 Å². The van der Waals surface area contributed by atoms with Gasteiger partial charge >= 0.3 is 18.0 Å². The summed E-state index contributed by atoms with van der Waals surface area (Å²) < 4.78 is 14.7. The molecule has 0 atom stereocenters. The lowest BCUT2D eigenvalue weighted by atomic mass is 9.97. The summed E-state index contributed by atoms with van der Waals surface area (Å²) in [6.07, 6.45) is -0.750. The van der Waals surface area contributed by atoms with Gasteiger partial charge in [0.1, 0.15) is 5.75 Å². The predicted octanol–water partition coefficient (Wildman–Crippen LogP) is 3.49. The number of hydrogen-bond acceptors (Lipinski definition) is 6. The molecule has 7 heteroatoms. The van der Waals surface area contributed by atoms with E-state index < -0.39 is 18.0 Å². The number of nitrogens with one attached hydrogen (secondary N) is 1. The largest absolute Gasteiger partial charge is 0.465 e. The maximum absolute atomic E-state index is 12.2. The average Bonchev–Trinajstić information content (AvgIpc) is 2.65. The molecule has 0 saturated carbocycles. The summed E-state index contributed by atoms with van der Waals surface area (Å²) in [5.41, 5.74) is 1.48. The molecule has 0 bridgehead atoms. The van der Waals surface area contributed by atoms with Gasteiger partial charge in [0.2, 0.25) is 0 Å². The number of carbonyl (C=O) groups is 3. The zero-order valence-corrected chi connectivity index (χ0v) is 14.9. The number of esters is 2. The van der Waals surface area contributed by atoms with Gasteiger partial charge in [-0.2, -0.15) is 0 Å². The first-order valence-electron chi connectivity index (χ1n) is 7.73. The third kappa shape index (κ3) is 4.00. The van der Waals surface area contributed by atoms with Gasteiger partial charge in [-0.25, -0.2) is 14.4 Å². The molecule has 0 aliphatic carbocycles. The maximum Gasteiger partial charge on any atom is 0.417 e. The van der Waals surface area contributed by atoms with E-state index in [0.29, 0.717) is 16.9 Å². The van der Waals surface area contributed by atoms with E-state index in [4.69, 9.17) is 14.2 Å².